The fourth-order valence-electron chi connectivity index (χ4n) is 2.69. The number of rotatable bonds is 1. The minimum Gasteiger partial charge on any atom is -0.381 e. The van der Waals surface area contributed by atoms with Crippen LogP contribution >= 0.6 is 0 Å². The molecule has 0 bridgehead atoms. The molecule has 0 aromatic rings. The van der Waals surface area contributed by atoms with Crippen molar-refractivity contribution < 1.29 is 4.74 Å². The second kappa shape index (κ2) is 8.53. The number of nitriles is 1. The predicted molar refractivity (Wildman–Crippen MR) is 70.6 cm³/mol. The third-order valence-corrected chi connectivity index (χ3v) is 4.08. The zero-order chi connectivity index (χ0) is 12.5. The van der Waals surface area contributed by atoms with Crippen LogP contribution in [0.15, 0.2) is 0 Å². The molecule has 2 saturated carbocycles. The van der Waals surface area contributed by atoms with Gasteiger partial charge in [0, 0.05) is 13.0 Å². The smallest absolute Gasteiger partial charge is 0.0655 e. The molecular formula is C15H27NO. The van der Waals surface area contributed by atoms with Crippen LogP contribution in [0.2, 0.25) is 0 Å². The predicted octanol–water partition coefficient (Wildman–Crippen LogP) is 4.30. The Bertz CT molecular complexity index is 220. The van der Waals surface area contributed by atoms with Gasteiger partial charge in [-0.1, -0.05) is 26.2 Å². The highest BCUT2D eigenvalue weighted by Gasteiger charge is 2.16. The molecule has 0 aromatic carbocycles. The molecular weight excluding hydrogens is 210 g/mol. The summed E-state index contributed by atoms with van der Waals surface area (Å²) in [6, 6.07) is 2.32. The Labute approximate surface area is 106 Å². The molecule has 17 heavy (non-hydrogen) atoms. The van der Waals surface area contributed by atoms with Crippen LogP contribution in [0, 0.1) is 23.2 Å². The Kier molecular flexibility index (Phi) is 7.28. The monoisotopic (exact) mass is 237 g/mol. The van der Waals surface area contributed by atoms with Gasteiger partial charge < -0.3 is 4.74 Å². The van der Waals surface area contributed by atoms with Gasteiger partial charge in [0.15, 0.2) is 0 Å². The van der Waals surface area contributed by atoms with Crippen LogP contribution in [0.3, 0.4) is 0 Å². The average Bonchev–Trinajstić information content (AvgIpc) is 2.41. The number of methoxy groups -OCH3 is 1. The van der Waals surface area contributed by atoms with Crippen molar-refractivity contribution >= 4 is 0 Å². The van der Waals surface area contributed by atoms with Crippen molar-refractivity contribution in [2.24, 2.45) is 11.8 Å². The third-order valence-electron chi connectivity index (χ3n) is 4.08. The maximum Gasteiger partial charge on any atom is 0.0655 e. The Balaban J connectivity index is 0.000000171. The first-order valence-corrected chi connectivity index (χ1v) is 7.18. The van der Waals surface area contributed by atoms with Crippen LogP contribution in [0.4, 0.5) is 0 Å². The number of hydrogen-bond donors (Lipinski definition) is 0. The van der Waals surface area contributed by atoms with E-state index in [4.69, 9.17) is 10.00 Å². The Morgan fingerprint density at radius 3 is 1.94 bits per heavy atom. The van der Waals surface area contributed by atoms with Gasteiger partial charge in [-0.15, -0.1) is 0 Å². The van der Waals surface area contributed by atoms with Crippen molar-refractivity contribution in [3.05, 3.63) is 0 Å². The molecule has 0 aromatic heterocycles. The molecule has 0 amide bonds. The second-order valence-electron chi connectivity index (χ2n) is 5.58. The van der Waals surface area contributed by atoms with E-state index in [-0.39, 0.29) is 0 Å². The molecule has 0 spiro atoms. The van der Waals surface area contributed by atoms with Crippen molar-refractivity contribution in [3.63, 3.8) is 0 Å². The van der Waals surface area contributed by atoms with Gasteiger partial charge in [0.25, 0.3) is 0 Å². The summed E-state index contributed by atoms with van der Waals surface area (Å²) >= 11 is 0. The van der Waals surface area contributed by atoms with E-state index >= 15 is 0 Å². The van der Waals surface area contributed by atoms with E-state index in [0.29, 0.717) is 12.0 Å². The lowest BCUT2D eigenvalue weighted by Gasteiger charge is -2.20. The molecule has 0 unspecified atom stereocenters. The van der Waals surface area contributed by atoms with Gasteiger partial charge >= 0.3 is 0 Å². The fourth-order valence-corrected chi connectivity index (χ4v) is 2.69. The first-order valence-electron chi connectivity index (χ1n) is 7.18. The summed E-state index contributed by atoms with van der Waals surface area (Å²) in [6.07, 6.45) is 12.1. The Morgan fingerprint density at radius 1 is 0.941 bits per heavy atom. The van der Waals surface area contributed by atoms with Crippen LogP contribution in [-0.2, 0) is 4.74 Å². The van der Waals surface area contributed by atoms with Crippen molar-refractivity contribution in [1.29, 1.82) is 5.26 Å². The van der Waals surface area contributed by atoms with Gasteiger partial charge in [0.1, 0.15) is 0 Å². The largest absolute Gasteiger partial charge is 0.381 e. The molecule has 98 valence electrons. The maximum absolute atomic E-state index is 8.53. The molecule has 2 fully saturated rings. The van der Waals surface area contributed by atoms with Gasteiger partial charge in [-0.05, 0) is 44.4 Å². The van der Waals surface area contributed by atoms with Gasteiger partial charge in [0.2, 0.25) is 0 Å². The molecule has 0 atom stereocenters. The standard InChI is InChI=1S/C8H13N.C7H14O/c1-7-2-4-8(6-9)5-3-7;1-8-7-5-3-2-4-6-7/h7-8H,2-5H2,1H3;7H,2-6H2,1H3. The molecule has 2 heteroatoms. The van der Waals surface area contributed by atoms with Gasteiger partial charge in [-0.25, -0.2) is 0 Å². The van der Waals surface area contributed by atoms with Gasteiger partial charge in [-0.2, -0.15) is 5.26 Å². The summed E-state index contributed by atoms with van der Waals surface area (Å²) in [5, 5.41) is 8.53. The third kappa shape index (κ3) is 6.07. The lowest BCUT2D eigenvalue weighted by molar-refractivity contribution is 0.0710. The lowest BCUT2D eigenvalue weighted by atomic mass is 9.84. The van der Waals surface area contributed by atoms with E-state index in [1.54, 1.807) is 0 Å². The molecule has 0 aliphatic heterocycles. The first kappa shape index (κ1) is 14.5. The Morgan fingerprint density at radius 2 is 1.53 bits per heavy atom. The molecule has 2 aliphatic carbocycles. The molecule has 2 rings (SSSR count). The zero-order valence-corrected chi connectivity index (χ0v) is 11.5. The van der Waals surface area contributed by atoms with E-state index in [9.17, 15) is 0 Å². The van der Waals surface area contributed by atoms with E-state index in [0.717, 1.165) is 18.8 Å². The molecule has 0 N–H and O–H groups in total. The number of hydrogen-bond acceptors (Lipinski definition) is 2. The summed E-state index contributed by atoms with van der Waals surface area (Å²) in [4.78, 5) is 0. The van der Waals surface area contributed by atoms with Crippen LogP contribution in [0.25, 0.3) is 0 Å². The highest BCUT2D eigenvalue weighted by Crippen LogP contribution is 2.27. The van der Waals surface area contributed by atoms with Crippen LogP contribution in [0.1, 0.15) is 64.7 Å². The van der Waals surface area contributed by atoms with Gasteiger partial charge in [-0.3, -0.25) is 0 Å². The SMILES string of the molecule is CC1CCC(C#N)CC1.COC1CCCCC1. The topological polar surface area (TPSA) is 33.0 Å². The van der Waals surface area contributed by atoms with Crippen molar-refractivity contribution in [2.75, 3.05) is 7.11 Å². The summed E-state index contributed by atoms with van der Waals surface area (Å²) in [5.41, 5.74) is 0. The van der Waals surface area contributed by atoms with Crippen molar-refractivity contribution in [3.8, 4) is 6.07 Å². The summed E-state index contributed by atoms with van der Waals surface area (Å²) in [5.74, 6) is 1.25. The highest BCUT2D eigenvalue weighted by molar-refractivity contribution is 4.85. The van der Waals surface area contributed by atoms with E-state index in [1.807, 2.05) is 7.11 Å². The fraction of sp³-hybridized carbons (Fsp3) is 0.933. The number of nitrogens with zero attached hydrogens (tertiary/aromatic N) is 1. The van der Waals surface area contributed by atoms with Crippen LogP contribution in [-0.4, -0.2) is 13.2 Å². The summed E-state index contributed by atoms with van der Waals surface area (Å²) in [6.45, 7) is 2.27. The average molecular weight is 237 g/mol. The van der Waals surface area contributed by atoms with E-state index < -0.39 is 0 Å². The maximum atomic E-state index is 8.53. The summed E-state index contributed by atoms with van der Waals surface area (Å²) < 4.78 is 5.19. The first-order chi connectivity index (χ1) is 8.26. The molecule has 2 nitrogen and oxygen atoms in total. The van der Waals surface area contributed by atoms with Crippen LogP contribution < -0.4 is 0 Å². The normalized spacial score (nSPS) is 29.9. The quantitative estimate of drug-likeness (QED) is 0.681. The minimum absolute atomic E-state index is 0.376. The van der Waals surface area contributed by atoms with E-state index in [2.05, 4.69) is 13.0 Å². The van der Waals surface area contributed by atoms with Crippen molar-refractivity contribution in [2.45, 2.75) is 70.8 Å². The second-order valence-corrected chi connectivity index (χ2v) is 5.58. The highest BCUT2D eigenvalue weighted by atomic mass is 16.5. The molecule has 0 saturated heterocycles. The summed E-state index contributed by atoms with van der Waals surface area (Å²) in [7, 11) is 1.82. The molecule has 0 radical (unpaired) electrons. The van der Waals surface area contributed by atoms with E-state index in [1.165, 1.54) is 44.9 Å². The van der Waals surface area contributed by atoms with Gasteiger partial charge in [0.05, 0.1) is 12.2 Å². The van der Waals surface area contributed by atoms with Crippen LogP contribution in [0.5, 0.6) is 0 Å². The molecule has 0 heterocycles. The molecule has 2 aliphatic rings. The lowest BCUT2D eigenvalue weighted by Crippen LogP contribution is -2.13. The van der Waals surface area contributed by atoms with Crippen molar-refractivity contribution in [1.82, 2.24) is 0 Å². The Hall–Kier alpha value is -0.550. The minimum atomic E-state index is 0.376. The number of ether oxygens (including phenoxy) is 1. The zero-order valence-electron chi connectivity index (χ0n) is 11.5.